The van der Waals surface area contributed by atoms with Crippen LogP contribution in [0.1, 0.15) is 41.5 Å². The molecule has 0 aromatic rings. The average molecular weight is 463 g/mol. The van der Waals surface area contributed by atoms with Gasteiger partial charge in [0.2, 0.25) is 0 Å². The van der Waals surface area contributed by atoms with E-state index in [1.807, 2.05) is 33.9 Å². The fraction of sp³-hybridized carbons (Fsp3) is 1.00. The maximum atomic E-state index is 12.4. The summed E-state index contributed by atoms with van der Waals surface area (Å²) >= 11 is 0. The lowest BCUT2D eigenvalue weighted by atomic mass is 10.00. The Morgan fingerprint density at radius 3 is 1.96 bits per heavy atom. The van der Waals surface area contributed by atoms with Crippen molar-refractivity contribution in [1.82, 2.24) is 0 Å². The van der Waals surface area contributed by atoms with E-state index in [0.29, 0.717) is 0 Å². The van der Waals surface area contributed by atoms with Gasteiger partial charge in [-0.05, 0) is 38.9 Å². The SMILES string of the molecule is CC1(C)O[C@@H]([C@](C)(CO[Si](C)(C)C(C)(C)C)S(=O)(=O)O)[C@@H](COS(C)(=O)=O)O1. The fourth-order valence-electron chi connectivity index (χ4n) is 2.51. The summed E-state index contributed by atoms with van der Waals surface area (Å²) in [4.78, 5) is 0. The molecule has 0 bridgehead atoms. The first-order chi connectivity index (χ1) is 12.1. The van der Waals surface area contributed by atoms with Crippen molar-refractivity contribution in [3.8, 4) is 0 Å². The van der Waals surface area contributed by atoms with Crippen LogP contribution in [0, 0.1) is 0 Å². The summed E-state index contributed by atoms with van der Waals surface area (Å²) in [6.07, 6.45) is -1.37. The molecule has 1 N–H and O–H groups in total. The minimum Gasteiger partial charge on any atom is -0.415 e. The van der Waals surface area contributed by atoms with Crippen LogP contribution in [0.2, 0.25) is 18.1 Å². The van der Waals surface area contributed by atoms with E-state index in [0.717, 1.165) is 6.26 Å². The van der Waals surface area contributed by atoms with Gasteiger partial charge in [-0.15, -0.1) is 0 Å². The molecular weight excluding hydrogens is 428 g/mol. The maximum Gasteiger partial charge on any atom is 0.275 e. The van der Waals surface area contributed by atoms with Gasteiger partial charge < -0.3 is 13.9 Å². The van der Waals surface area contributed by atoms with Crippen LogP contribution in [-0.2, 0) is 38.3 Å². The van der Waals surface area contributed by atoms with Crippen molar-refractivity contribution < 1.29 is 39.5 Å². The van der Waals surface area contributed by atoms with E-state index in [9.17, 15) is 21.4 Å². The topological polar surface area (TPSA) is 125 Å². The zero-order valence-corrected chi connectivity index (χ0v) is 20.7. The predicted octanol–water partition coefficient (Wildman–Crippen LogP) is 2.15. The monoisotopic (exact) mass is 462 g/mol. The molecule has 0 saturated carbocycles. The van der Waals surface area contributed by atoms with Crippen molar-refractivity contribution in [2.75, 3.05) is 19.5 Å². The maximum absolute atomic E-state index is 12.4. The van der Waals surface area contributed by atoms with Crippen LogP contribution < -0.4 is 0 Å². The second-order valence-corrected chi connectivity index (χ2v) is 17.8. The van der Waals surface area contributed by atoms with E-state index in [2.05, 4.69) is 0 Å². The molecule has 0 radical (unpaired) electrons. The second-order valence-electron chi connectivity index (χ2n) is 9.42. The van der Waals surface area contributed by atoms with Crippen LogP contribution in [-0.4, -0.2) is 71.9 Å². The Hall–Kier alpha value is -0.0831. The Kier molecular flexibility index (Phi) is 7.30. The summed E-state index contributed by atoms with van der Waals surface area (Å²) in [5.41, 5.74) is 0. The van der Waals surface area contributed by atoms with E-state index in [-0.39, 0.29) is 11.6 Å². The van der Waals surface area contributed by atoms with Crippen LogP contribution >= 0.6 is 0 Å². The first-order valence-corrected chi connectivity index (χ1v) is 15.1. The summed E-state index contributed by atoms with van der Waals surface area (Å²) in [5, 5.41) is -0.182. The Balaban J connectivity index is 3.25. The lowest BCUT2D eigenvalue weighted by Crippen LogP contribution is -2.57. The van der Waals surface area contributed by atoms with Crippen molar-refractivity contribution >= 4 is 28.6 Å². The van der Waals surface area contributed by atoms with Crippen LogP contribution in [0.4, 0.5) is 0 Å². The highest BCUT2D eigenvalue weighted by atomic mass is 32.2. The molecule has 0 unspecified atom stereocenters. The number of hydrogen-bond donors (Lipinski definition) is 1. The molecule has 1 heterocycles. The lowest BCUT2D eigenvalue weighted by molar-refractivity contribution is -0.151. The first kappa shape index (κ1) is 26.0. The van der Waals surface area contributed by atoms with Gasteiger partial charge in [-0.25, -0.2) is 0 Å². The average Bonchev–Trinajstić information content (AvgIpc) is 2.75. The van der Waals surface area contributed by atoms with Crippen molar-refractivity contribution in [3.63, 3.8) is 0 Å². The quantitative estimate of drug-likeness (QED) is 0.328. The first-order valence-electron chi connectivity index (χ1n) is 8.92. The third-order valence-electron chi connectivity index (χ3n) is 5.35. The summed E-state index contributed by atoms with van der Waals surface area (Å²) in [6.45, 7) is 13.6. The molecule has 28 heavy (non-hydrogen) atoms. The van der Waals surface area contributed by atoms with Gasteiger partial charge in [0.25, 0.3) is 20.2 Å². The molecule has 0 amide bonds. The van der Waals surface area contributed by atoms with Gasteiger partial charge in [0.15, 0.2) is 14.1 Å². The summed E-state index contributed by atoms with van der Waals surface area (Å²) < 4.78 is 77.9. The summed E-state index contributed by atoms with van der Waals surface area (Å²) in [5.74, 6) is -1.20. The largest absolute Gasteiger partial charge is 0.415 e. The van der Waals surface area contributed by atoms with Crippen LogP contribution in [0.3, 0.4) is 0 Å². The van der Waals surface area contributed by atoms with E-state index in [4.69, 9.17) is 18.1 Å². The molecule has 168 valence electrons. The van der Waals surface area contributed by atoms with E-state index >= 15 is 0 Å². The van der Waals surface area contributed by atoms with Gasteiger partial charge in [-0.1, -0.05) is 20.8 Å². The highest BCUT2D eigenvalue weighted by Crippen LogP contribution is 2.41. The van der Waals surface area contributed by atoms with Gasteiger partial charge >= 0.3 is 0 Å². The van der Waals surface area contributed by atoms with Crippen LogP contribution in [0.5, 0.6) is 0 Å². The van der Waals surface area contributed by atoms with Gasteiger partial charge in [-0.3, -0.25) is 8.74 Å². The Morgan fingerprint density at radius 2 is 1.57 bits per heavy atom. The molecule has 0 aromatic carbocycles. The molecule has 0 spiro atoms. The highest BCUT2D eigenvalue weighted by molar-refractivity contribution is 7.87. The molecule has 0 aromatic heterocycles. The van der Waals surface area contributed by atoms with E-state index < -0.39 is 57.9 Å². The lowest BCUT2D eigenvalue weighted by Gasteiger charge is -2.41. The minimum absolute atomic E-state index is 0.182. The van der Waals surface area contributed by atoms with Gasteiger partial charge in [-0.2, -0.15) is 16.8 Å². The third-order valence-corrected chi connectivity index (χ3v) is 11.9. The second kappa shape index (κ2) is 7.87. The molecule has 12 heteroatoms. The molecule has 3 atom stereocenters. The Morgan fingerprint density at radius 1 is 1.07 bits per heavy atom. The van der Waals surface area contributed by atoms with Gasteiger partial charge in [0.1, 0.15) is 17.0 Å². The normalized spacial score (nSPS) is 26.2. The van der Waals surface area contributed by atoms with Gasteiger partial charge in [0.05, 0.1) is 19.5 Å². The smallest absolute Gasteiger partial charge is 0.275 e. The zero-order chi connectivity index (χ0) is 22.4. The van der Waals surface area contributed by atoms with Crippen molar-refractivity contribution in [3.05, 3.63) is 0 Å². The van der Waals surface area contributed by atoms with Crippen molar-refractivity contribution in [2.45, 2.75) is 82.4 Å². The fourth-order valence-corrected chi connectivity index (χ4v) is 4.79. The Labute approximate surface area is 170 Å². The van der Waals surface area contributed by atoms with E-state index in [1.165, 1.54) is 6.92 Å². The van der Waals surface area contributed by atoms with Gasteiger partial charge in [0, 0.05) is 0 Å². The summed E-state index contributed by atoms with van der Waals surface area (Å²) in [6, 6.07) is 0. The Bertz CT molecular complexity index is 768. The number of hydrogen-bond acceptors (Lipinski definition) is 8. The minimum atomic E-state index is -4.67. The highest BCUT2D eigenvalue weighted by Gasteiger charge is 2.58. The van der Waals surface area contributed by atoms with E-state index in [1.54, 1.807) is 13.8 Å². The molecule has 1 aliphatic rings. The predicted molar refractivity (Wildman–Crippen MR) is 108 cm³/mol. The molecular formula is C16H34O9S2Si. The number of ether oxygens (including phenoxy) is 2. The third kappa shape index (κ3) is 6.21. The van der Waals surface area contributed by atoms with Crippen LogP contribution in [0.25, 0.3) is 0 Å². The molecule has 9 nitrogen and oxygen atoms in total. The molecule has 1 aliphatic heterocycles. The summed E-state index contributed by atoms with van der Waals surface area (Å²) in [7, 11) is -10.8. The number of rotatable bonds is 8. The van der Waals surface area contributed by atoms with Crippen molar-refractivity contribution in [2.24, 2.45) is 0 Å². The van der Waals surface area contributed by atoms with Crippen LogP contribution in [0.15, 0.2) is 0 Å². The standard InChI is InChI=1S/C16H34O9S2Si/c1-14(2,3)28(8,9)23-11-16(6,27(19,20)21)13-12(10-22-26(7,17)18)24-15(4,5)25-13/h12-13H,10-11H2,1-9H3,(H,19,20,21)/t12-,13-,16+/m1/s1. The zero-order valence-electron chi connectivity index (χ0n) is 18.1. The molecule has 0 aliphatic carbocycles. The molecule has 1 fully saturated rings. The van der Waals surface area contributed by atoms with Crippen molar-refractivity contribution in [1.29, 1.82) is 0 Å². The molecule has 1 saturated heterocycles. The molecule has 1 rings (SSSR count).